The van der Waals surface area contributed by atoms with Crippen molar-refractivity contribution in [2.24, 2.45) is 0 Å². The van der Waals surface area contributed by atoms with Crippen molar-refractivity contribution in [2.45, 2.75) is 19.2 Å². The quantitative estimate of drug-likeness (QED) is 0.865. The zero-order valence-corrected chi connectivity index (χ0v) is 12.5. The summed E-state index contributed by atoms with van der Waals surface area (Å²) in [4.78, 5) is 15.3. The van der Waals surface area contributed by atoms with E-state index in [2.05, 4.69) is 35.3 Å². The molecule has 0 aliphatic carbocycles. The summed E-state index contributed by atoms with van der Waals surface area (Å²) in [5, 5.41) is 3.56. The van der Waals surface area contributed by atoms with E-state index < -0.39 is 0 Å². The fourth-order valence-electron chi connectivity index (χ4n) is 3.22. The van der Waals surface area contributed by atoms with E-state index in [9.17, 15) is 4.79 Å². The number of aryl methyl sites for hydroxylation is 1. The van der Waals surface area contributed by atoms with Crippen molar-refractivity contribution >= 4 is 29.0 Å². The van der Waals surface area contributed by atoms with Crippen LogP contribution in [0, 0.1) is 6.92 Å². The van der Waals surface area contributed by atoms with Crippen molar-refractivity contribution in [1.29, 1.82) is 0 Å². The van der Waals surface area contributed by atoms with E-state index in [1.807, 2.05) is 12.1 Å². The van der Waals surface area contributed by atoms with Gasteiger partial charge in [0.1, 0.15) is 12.3 Å². The number of carbonyl (C=O) groups excluding carboxylic acids is 1. The molecule has 2 atom stereocenters. The van der Waals surface area contributed by atoms with E-state index >= 15 is 0 Å². The molecule has 1 fully saturated rings. The summed E-state index contributed by atoms with van der Waals surface area (Å²) in [7, 11) is 0. The number of morpholine rings is 1. The number of para-hydroxylation sites is 2. The number of aldehydes is 1. The number of rotatable bonds is 2. The van der Waals surface area contributed by atoms with Gasteiger partial charge in [-0.15, -0.1) is 11.3 Å². The van der Waals surface area contributed by atoms with Gasteiger partial charge in [-0.25, -0.2) is 0 Å². The van der Waals surface area contributed by atoms with Crippen LogP contribution in [0.1, 0.15) is 26.2 Å². The summed E-state index contributed by atoms with van der Waals surface area (Å²) < 4.78 is 6.03. The van der Waals surface area contributed by atoms with Gasteiger partial charge in [-0.1, -0.05) is 12.1 Å². The molecule has 3 heterocycles. The molecule has 2 aliphatic rings. The van der Waals surface area contributed by atoms with E-state index in [-0.39, 0.29) is 12.3 Å². The normalized spacial score (nSPS) is 23.4. The zero-order valence-electron chi connectivity index (χ0n) is 11.7. The molecule has 2 aliphatic heterocycles. The van der Waals surface area contributed by atoms with Gasteiger partial charge in [0, 0.05) is 11.4 Å². The van der Waals surface area contributed by atoms with Gasteiger partial charge in [0.25, 0.3) is 0 Å². The molecular formula is C16H16N2O2S. The molecule has 0 amide bonds. The molecule has 1 saturated heterocycles. The van der Waals surface area contributed by atoms with E-state index in [0.717, 1.165) is 33.8 Å². The minimum atomic E-state index is -0.0453. The molecule has 1 N–H and O–H groups in total. The van der Waals surface area contributed by atoms with Gasteiger partial charge in [-0.3, -0.25) is 4.79 Å². The first-order chi connectivity index (χ1) is 10.3. The van der Waals surface area contributed by atoms with Crippen LogP contribution < -0.4 is 10.2 Å². The number of ether oxygens (including phenoxy) is 1. The predicted molar refractivity (Wildman–Crippen MR) is 84.3 cm³/mol. The average Bonchev–Trinajstić information content (AvgIpc) is 3.07. The molecule has 0 spiro atoms. The Labute approximate surface area is 127 Å². The highest BCUT2D eigenvalue weighted by molar-refractivity contribution is 7.13. The third-order valence-corrected chi connectivity index (χ3v) is 5.16. The Kier molecular flexibility index (Phi) is 2.97. The number of hydrogen-bond acceptors (Lipinski definition) is 5. The second-order valence-corrected chi connectivity index (χ2v) is 6.66. The molecule has 0 bridgehead atoms. The van der Waals surface area contributed by atoms with Gasteiger partial charge in [0.15, 0.2) is 6.29 Å². The molecule has 4 nitrogen and oxygen atoms in total. The first-order valence-corrected chi connectivity index (χ1v) is 7.89. The third-order valence-electron chi connectivity index (χ3n) is 4.17. The SMILES string of the molecule is Cc1sc(C=O)cc1C1OCCN2c3ccccc3NC12. The number of anilines is 2. The number of carbonyl (C=O) groups is 1. The Hall–Kier alpha value is -1.85. The number of fused-ring (bicyclic) bond motifs is 3. The van der Waals surface area contributed by atoms with Gasteiger partial charge in [-0.2, -0.15) is 0 Å². The first kappa shape index (κ1) is 12.9. The summed E-state index contributed by atoms with van der Waals surface area (Å²) >= 11 is 1.53. The maximum atomic E-state index is 11.0. The molecule has 21 heavy (non-hydrogen) atoms. The van der Waals surface area contributed by atoms with Crippen LogP contribution in [0.4, 0.5) is 11.4 Å². The lowest BCUT2D eigenvalue weighted by molar-refractivity contribution is 0.0189. The Morgan fingerprint density at radius 1 is 1.43 bits per heavy atom. The fourth-order valence-corrected chi connectivity index (χ4v) is 4.10. The molecule has 4 rings (SSSR count). The van der Waals surface area contributed by atoms with Crippen LogP contribution in [0.3, 0.4) is 0 Å². The Bertz CT molecular complexity index is 697. The second-order valence-electron chi connectivity index (χ2n) is 5.37. The third kappa shape index (κ3) is 1.96. The first-order valence-electron chi connectivity index (χ1n) is 7.07. The molecule has 1 aromatic heterocycles. The Morgan fingerprint density at radius 2 is 2.29 bits per heavy atom. The van der Waals surface area contributed by atoms with Crippen molar-refractivity contribution < 1.29 is 9.53 Å². The number of nitrogens with one attached hydrogen (secondary N) is 1. The van der Waals surface area contributed by atoms with Crippen molar-refractivity contribution in [3.05, 3.63) is 45.6 Å². The standard InChI is InChI=1S/C16H16N2O2S/c1-10-12(8-11(9-19)21-10)15-16-17-13-4-2-3-5-14(13)18(16)6-7-20-15/h2-5,8-9,15-17H,6-7H2,1H3. The molecule has 2 unspecified atom stereocenters. The highest BCUT2D eigenvalue weighted by Gasteiger charge is 2.39. The zero-order chi connectivity index (χ0) is 14.4. The van der Waals surface area contributed by atoms with E-state index in [0.29, 0.717) is 6.61 Å². The summed E-state index contributed by atoms with van der Waals surface area (Å²) in [6.07, 6.45) is 0.971. The van der Waals surface area contributed by atoms with Crippen LogP contribution in [-0.4, -0.2) is 25.6 Å². The summed E-state index contributed by atoms with van der Waals surface area (Å²) in [6, 6.07) is 10.3. The lowest BCUT2D eigenvalue weighted by Crippen LogP contribution is -2.48. The Morgan fingerprint density at radius 3 is 3.10 bits per heavy atom. The van der Waals surface area contributed by atoms with Crippen molar-refractivity contribution in [3.8, 4) is 0 Å². The number of nitrogens with zero attached hydrogens (tertiary/aromatic N) is 1. The van der Waals surface area contributed by atoms with Gasteiger partial charge in [0.2, 0.25) is 0 Å². The van der Waals surface area contributed by atoms with Gasteiger partial charge in [-0.05, 0) is 30.7 Å². The van der Waals surface area contributed by atoms with Gasteiger partial charge >= 0.3 is 0 Å². The van der Waals surface area contributed by atoms with E-state index in [1.54, 1.807) is 0 Å². The lowest BCUT2D eigenvalue weighted by atomic mass is 10.1. The number of benzene rings is 1. The smallest absolute Gasteiger partial charge is 0.160 e. The minimum Gasteiger partial charge on any atom is -0.368 e. The molecule has 108 valence electrons. The molecule has 5 heteroatoms. The molecule has 0 radical (unpaired) electrons. The maximum absolute atomic E-state index is 11.0. The monoisotopic (exact) mass is 300 g/mol. The van der Waals surface area contributed by atoms with Crippen molar-refractivity contribution in [2.75, 3.05) is 23.4 Å². The summed E-state index contributed by atoms with van der Waals surface area (Å²) in [5.41, 5.74) is 3.51. The minimum absolute atomic E-state index is 0.0453. The van der Waals surface area contributed by atoms with E-state index in [1.165, 1.54) is 17.0 Å². The number of hydrogen-bond donors (Lipinski definition) is 1. The summed E-state index contributed by atoms with van der Waals surface area (Å²) in [5.74, 6) is 0. The average molecular weight is 300 g/mol. The topological polar surface area (TPSA) is 41.6 Å². The lowest BCUT2D eigenvalue weighted by Gasteiger charge is -2.38. The van der Waals surface area contributed by atoms with Crippen LogP contribution >= 0.6 is 11.3 Å². The highest BCUT2D eigenvalue weighted by atomic mass is 32.1. The molecule has 1 aromatic carbocycles. The summed E-state index contributed by atoms with van der Waals surface area (Å²) in [6.45, 7) is 3.63. The number of thiophene rings is 1. The van der Waals surface area contributed by atoms with Crippen LogP contribution in [0.5, 0.6) is 0 Å². The molecule has 0 saturated carbocycles. The fraction of sp³-hybridized carbons (Fsp3) is 0.312. The van der Waals surface area contributed by atoms with Crippen LogP contribution in [0.25, 0.3) is 0 Å². The van der Waals surface area contributed by atoms with Gasteiger partial charge in [0.05, 0.1) is 22.9 Å². The van der Waals surface area contributed by atoms with Crippen LogP contribution in [-0.2, 0) is 4.74 Å². The molecular weight excluding hydrogens is 284 g/mol. The van der Waals surface area contributed by atoms with Crippen LogP contribution in [0.2, 0.25) is 0 Å². The largest absolute Gasteiger partial charge is 0.368 e. The highest BCUT2D eigenvalue weighted by Crippen LogP contribution is 2.43. The predicted octanol–water partition coefficient (Wildman–Crippen LogP) is 3.20. The van der Waals surface area contributed by atoms with Crippen molar-refractivity contribution in [1.82, 2.24) is 0 Å². The maximum Gasteiger partial charge on any atom is 0.160 e. The second kappa shape index (κ2) is 4.86. The van der Waals surface area contributed by atoms with Crippen molar-refractivity contribution in [3.63, 3.8) is 0 Å². The van der Waals surface area contributed by atoms with Gasteiger partial charge < -0.3 is 15.0 Å². The van der Waals surface area contributed by atoms with Crippen LogP contribution in [0.15, 0.2) is 30.3 Å². The molecule has 2 aromatic rings. The Balaban J connectivity index is 1.72. The van der Waals surface area contributed by atoms with E-state index in [4.69, 9.17) is 4.74 Å².